The van der Waals surface area contributed by atoms with Gasteiger partial charge < -0.3 is 5.32 Å². The van der Waals surface area contributed by atoms with Crippen molar-refractivity contribution in [2.24, 2.45) is 0 Å². The topological polar surface area (TPSA) is 45.2 Å². The summed E-state index contributed by atoms with van der Waals surface area (Å²) in [5.41, 5.74) is 1.04. The van der Waals surface area contributed by atoms with Crippen LogP contribution >= 0.6 is 0 Å². The molecule has 1 aromatic heterocycles. The zero-order valence-electron chi connectivity index (χ0n) is 14.5. The van der Waals surface area contributed by atoms with Crippen LogP contribution < -0.4 is 5.32 Å². The lowest BCUT2D eigenvalue weighted by Gasteiger charge is -2.18. The van der Waals surface area contributed by atoms with E-state index in [4.69, 9.17) is 0 Å². The number of benzene rings is 2. The first-order chi connectivity index (χ1) is 12.9. The molecule has 2 aromatic carbocycles. The van der Waals surface area contributed by atoms with Crippen LogP contribution in [0.3, 0.4) is 0 Å². The number of carbonyl (C=O) groups excluding carboxylic acids is 1. The Morgan fingerprint density at radius 1 is 1.19 bits per heavy atom. The number of halogens is 3. The monoisotopic (exact) mass is 373 g/mol. The Labute approximate surface area is 154 Å². The Kier molecular flexibility index (Phi) is 4.47. The first kappa shape index (κ1) is 17.7. The van der Waals surface area contributed by atoms with Gasteiger partial charge in [0.15, 0.2) is 0 Å². The molecule has 1 aliphatic heterocycles. The predicted octanol–water partition coefficient (Wildman–Crippen LogP) is 3.75. The molecule has 7 heteroatoms. The third-order valence-corrected chi connectivity index (χ3v) is 4.87. The van der Waals surface area contributed by atoms with Gasteiger partial charge in [0.05, 0.1) is 17.6 Å². The van der Waals surface area contributed by atoms with Crippen molar-refractivity contribution < 1.29 is 18.0 Å². The van der Waals surface area contributed by atoms with E-state index in [0.29, 0.717) is 24.0 Å². The molecule has 4 rings (SSSR count). The van der Waals surface area contributed by atoms with Gasteiger partial charge in [-0.3, -0.25) is 14.7 Å². The molecule has 0 bridgehead atoms. The van der Waals surface area contributed by atoms with Crippen LogP contribution in [-0.4, -0.2) is 47.6 Å². The van der Waals surface area contributed by atoms with Crippen LogP contribution in [0.15, 0.2) is 48.7 Å². The minimum absolute atomic E-state index is 0.199. The van der Waals surface area contributed by atoms with Crippen LogP contribution in [0.1, 0.15) is 16.8 Å². The lowest BCUT2D eigenvalue weighted by molar-refractivity contribution is -0.143. The first-order valence-electron chi connectivity index (χ1n) is 8.77. The Morgan fingerprint density at radius 2 is 1.96 bits per heavy atom. The molecule has 140 valence electrons. The second-order valence-electron chi connectivity index (χ2n) is 6.85. The molecule has 1 N–H and O–H groups in total. The van der Waals surface area contributed by atoms with Crippen LogP contribution in [-0.2, 0) is 0 Å². The maximum absolute atomic E-state index is 12.9. The molecular formula is C20H18F3N3O. The highest BCUT2D eigenvalue weighted by Gasteiger charge is 2.34. The Hall–Kier alpha value is -2.67. The minimum Gasteiger partial charge on any atom is -0.348 e. The summed E-state index contributed by atoms with van der Waals surface area (Å²) in [6.45, 7) is -0.425. The number of nitrogens with zero attached hydrogens (tertiary/aromatic N) is 2. The molecule has 1 amide bonds. The Balaban J connectivity index is 1.60. The van der Waals surface area contributed by atoms with E-state index in [1.165, 1.54) is 4.90 Å². The highest BCUT2D eigenvalue weighted by atomic mass is 19.4. The molecule has 0 spiro atoms. The molecule has 2 heterocycles. The molecule has 0 aliphatic carbocycles. The summed E-state index contributed by atoms with van der Waals surface area (Å²) in [5.74, 6) is -0.302. The number of fused-ring (bicyclic) bond motifs is 3. The molecule has 1 aliphatic rings. The fourth-order valence-electron chi connectivity index (χ4n) is 3.71. The summed E-state index contributed by atoms with van der Waals surface area (Å²) in [4.78, 5) is 18.5. The van der Waals surface area contributed by atoms with E-state index in [2.05, 4.69) is 10.3 Å². The van der Waals surface area contributed by atoms with E-state index in [9.17, 15) is 18.0 Å². The van der Waals surface area contributed by atoms with Gasteiger partial charge in [0.25, 0.3) is 5.91 Å². The minimum atomic E-state index is -4.22. The van der Waals surface area contributed by atoms with Crippen LogP contribution in [0.5, 0.6) is 0 Å². The van der Waals surface area contributed by atoms with Crippen LogP contribution in [0, 0.1) is 0 Å². The van der Waals surface area contributed by atoms with E-state index in [0.717, 1.165) is 16.2 Å². The fourth-order valence-corrected chi connectivity index (χ4v) is 3.71. The molecular weight excluding hydrogens is 355 g/mol. The van der Waals surface area contributed by atoms with E-state index < -0.39 is 12.7 Å². The maximum atomic E-state index is 12.9. The van der Waals surface area contributed by atoms with E-state index in [-0.39, 0.29) is 18.5 Å². The normalized spacial score (nSPS) is 18.3. The quantitative estimate of drug-likeness (QED) is 0.711. The third-order valence-electron chi connectivity index (χ3n) is 4.87. The van der Waals surface area contributed by atoms with Gasteiger partial charge in [-0.15, -0.1) is 0 Å². The van der Waals surface area contributed by atoms with Crippen LogP contribution in [0.4, 0.5) is 13.2 Å². The molecule has 1 atom stereocenters. The van der Waals surface area contributed by atoms with E-state index in [1.807, 2.05) is 36.4 Å². The number of hydrogen-bond acceptors (Lipinski definition) is 3. The molecule has 1 fully saturated rings. The maximum Gasteiger partial charge on any atom is 0.401 e. The molecule has 1 unspecified atom stereocenters. The van der Waals surface area contributed by atoms with Gasteiger partial charge in [-0.1, -0.05) is 30.3 Å². The predicted molar refractivity (Wildman–Crippen MR) is 97.6 cm³/mol. The number of amides is 1. The van der Waals surface area contributed by atoms with Crippen LogP contribution in [0.25, 0.3) is 21.7 Å². The number of hydrogen-bond donors (Lipinski definition) is 1. The number of alkyl halides is 3. The van der Waals surface area contributed by atoms with Crippen molar-refractivity contribution in [2.75, 3.05) is 19.6 Å². The van der Waals surface area contributed by atoms with Crippen molar-refractivity contribution in [1.29, 1.82) is 0 Å². The zero-order valence-corrected chi connectivity index (χ0v) is 14.5. The van der Waals surface area contributed by atoms with E-state index >= 15 is 0 Å². The van der Waals surface area contributed by atoms with Crippen molar-refractivity contribution >= 4 is 27.6 Å². The van der Waals surface area contributed by atoms with Gasteiger partial charge >= 0.3 is 6.18 Å². The van der Waals surface area contributed by atoms with E-state index in [1.54, 1.807) is 12.3 Å². The van der Waals surface area contributed by atoms with Crippen molar-refractivity contribution in [2.45, 2.75) is 18.6 Å². The van der Waals surface area contributed by atoms with Gasteiger partial charge in [-0.25, -0.2) is 0 Å². The third kappa shape index (κ3) is 3.73. The molecule has 27 heavy (non-hydrogen) atoms. The molecule has 1 saturated heterocycles. The number of aromatic nitrogens is 1. The van der Waals surface area contributed by atoms with Crippen molar-refractivity contribution in [3.63, 3.8) is 0 Å². The van der Waals surface area contributed by atoms with Gasteiger partial charge in [0, 0.05) is 30.7 Å². The van der Waals surface area contributed by atoms with Gasteiger partial charge in [0.2, 0.25) is 0 Å². The number of nitrogens with one attached hydrogen (secondary N) is 1. The molecule has 0 radical (unpaired) electrons. The highest BCUT2D eigenvalue weighted by Crippen LogP contribution is 2.27. The van der Waals surface area contributed by atoms with Crippen molar-refractivity contribution in [3.05, 3.63) is 54.2 Å². The summed E-state index contributed by atoms with van der Waals surface area (Å²) >= 11 is 0. The van der Waals surface area contributed by atoms with Crippen molar-refractivity contribution in [3.8, 4) is 0 Å². The molecule has 0 saturated carbocycles. The summed E-state index contributed by atoms with van der Waals surface area (Å²) in [5, 5.41) is 5.69. The number of pyridine rings is 1. The van der Waals surface area contributed by atoms with Gasteiger partial charge in [-0.05, 0) is 29.3 Å². The second kappa shape index (κ2) is 6.81. The van der Waals surface area contributed by atoms with Crippen LogP contribution in [0.2, 0.25) is 0 Å². The SMILES string of the molecule is O=C(NC1CCN(CC(F)(F)F)C1)c1cc2ccccc2c2cccnc12. The smallest absolute Gasteiger partial charge is 0.348 e. The second-order valence-corrected chi connectivity index (χ2v) is 6.85. The Morgan fingerprint density at radius 3 is 2.78 bits per heavy atom. The standard InChI is InChI=1S/C20H18F3N3O/c21-20(22,23)12-26-9-7-14(11-26)25-19(27)17-10-13-4-1-2-5-15(13)16-6-3-8-24-18(16)17/h1-6,8,10,14H,7,9,11-12H2,(H,25,27). The first-order valence-corrected chi connectivity index (χ1v) is 8.77. The lowest BCUT2D eigenvalue weighted by atomic mass is 10.00. The summed E-state index contributed by atoms with van der Waals surface area (Å²) < 4.78 is 37.6. The number of likely N-dealkylation sites (tertiary alicyclic amines) is 1. The summed E-state index contributed by atoms with van der Waals surface area (Å²) in [6, 6.07) is 13.0. The number of carbonyl (C=O) groups is 1. The van der Waals surface area contributed by atoms with Gasteiger partial charge in [-0.2, -0.15) is 13.2 Å². The summed E-state index contributed by atoms with van der Waals surface area (Å²) in [6.07, 6.45) is -2.09. The highest BCUT2D eigenvalue weighted by molar-refractivity contribution is 6.15. The van der Waals surface area contributed by atoms with Gasteiger partial charge in [0.1, 0.15) is 0 Å². The number of rotatable bonds is 3. The largest absolute Gasteiger partial charge is 0.401 e. The average molecular weight is 373 g/mol. The van der Waals surface area contributed by atoms with Crippen molar-refractivity contribution in [1.82, 2.24) is 15.2 Å². The average Bonchev–Trinajstić information content (AvgIpc) is 3.05. The summed E-state index contributed by atoms with van der Waals surface area (Å²) in [7, 11) is 0. The zero-order chi connectivity index (χ0) is 19.0. The molecule has 3 aromatic rings. The Bertz CT molecular complexity index is 1000. The fraction of sp³-hybridized carbons (Fsp3) is 0.300. The lowest BCUT2D eigenvalue weighted by Crippen LogP contribution is -2.39. The molecule has 4 nitrogen and oxygen atoms in total.